The summed E-state index contributed by atoms with van der Waals surface area (Å²) in [4.78, 5) is 0. The number of rotatable bonds is 2. The van der Waals surface area contributed by atoms with Crippen molar-refractivity contribution in [2.45, 2.75) is 26.7 Å². The summed E-state index contributed by atoms with van der Waals surface area (Å²) >= 11 is 0. The monoisotopic (exact) mass is 165 g/mol. The summed E-state index contributed by atoms with van der Waals surface area (Å²) in [6.07, 6.45) is 1.69. The molecule has 0 saturated heterocycles. The highest BCUT2D eigenvalue weighted by Crippen LogP contribution is 2.25. The van der Waals surface area contributed by atoms with Gasteiger partial charge in [-0.25, -0.2) is 0 Å². The molecular weight excluding hydrogens is 150 g/mol. The molecule has 66 valence electrons. The van der Waals surface area contributed by atoms with Gasteiger partial charge in [0.05, 0.1) is 6.20 Å². The van der Waals surface area contributed by atoms with Gasteiger partial charge in [0.15, 0.2) is 0 Å². The highest BCUT2D eigenvalue weighted by atomic mass is 15.1. The molecule has 0 fully saturated rings. The lowest BCUT2D eigenvalue weighted by atomic mass is 9.91. The van der Waals surface area contributed by atoms with Gasteiger partial charge < -0.3 is 5.73 Å². The molecule has 0 saturated carbocycles. The summed E-state index contributed by atoms with van der Waals surface area (Å²) in [7, 11) is 0. The molecule has 0 radical (unpaired) electrons. The first-order valence-electron chi connectivity index (χ1n) is 4.20. The number of nitrogens with two attached hydrogens (primary N) is 1. The second-order valence-electron chi connectivity index (χ2n) is 3.40. The smallest absolute Gasteiger partial charge is 0.149 e. The van der Waals surface area contributed by atoms with E-state index in [2.05, 4.69) is 31.0 Å². The second-order valence-corrected chi connectivity index (χ2v) is 3.40. The van der Waals surface area contributed by atoms with Crippen LogP contribution in [-0.2, 0) is 0 Å². The molecule has 1 unspecified atom stereocenters. The van der Waals surface area contributed by atoms with Gasteiger partial charge in [-0.15, -0.1) is 5.10 Å². The van der Waals surface area contributed by atoms with Gasteiger partial charge in [0.1, 0.15) is 5.82 Å². The van der Waals surface area contributed by atoms with E-state index in [0.29, 0.717) is 17.7 Å². The molecule has 0 aliphatic heterocycles. The van der Waals surface area contributed by atoms with Crippen molar-refractivity contribution in [3.05, 3.63) is 17.8 Å². The fourth-order valence-corrected chi connectivity index (χ4v) is 1.10. The zero-order chi connectivity index (χ0) is 9.14. The van der Waals surface area contributed by atoms with Crippen molar-refractivity contribution in [2.24, 2.45) is 5.92 Å². The summed E-state index contributed by atoms with van der Waals surface area (Å²) < 4.78 is 0. The van der Waals surface area contributed by atoms with Crippen LogP contribution in [0.4, 0.5) is 5.82 Å². The van der Waals surface area contributed by atoms with Crippen LogP contribution < -0.4 is 5.73 Å². The van der Waals surface area contributed by atoms with Crippen LogP contribution in [0.3, 0.4) is 0 Å². The van der Waals surface area contributed by atoms with Gasteiger partial charge in [0, 0.05) is 5.56 Å². The van der Waals surface area contributed by atoms with Gasteiger partial charge in [-0.2, -0.15) is 5.10 Å². The minimum Gasteiger partial charge on any atom is -0.382 e. The quantitative estimate of drug-likeness (QED) is 0.727. The Morgan fingerprint density at radius 1 is 1.33 bits per heavy atom. The van der Waals surface area contributed by atoms with Gasteiger partial charge >= 0.3 is 0 Å². The maximum absolute atomic E-state index is 5.69. The molecular formula is C9H15N3. The Morgan fingerprint density at radius 2 is 2.00 bits per heavy atom. The first-order valence-corrected chi connectivity index (χ1v) is 4.20. The minimum absolute atomic E-state index is 0.445. The SMILES string of the molecule is CC(C)C(C)c1ccnnc1N. The van der Waals surface area contributed by atoms with E-state index in [1.807, 2.05) is 6.07 Å². The highest BCUT2D eigenvalue weighted by molar-refractivity contribution is 5.39. The highest BCUT2D eigenvalue weighted by Gasteiger charge is 2.12. The molecule has 0 aromatic carbocycles. The third-order valence-corrected chi connectivity index (χ3v) is 2.27. The van der Waals surface area contributed by atoms with Crippen LogP contribution in [0.1, 0.15) is 32.3 Å². The first kappa shape index (κ1) is 8.97. The topological polar surface area (TPSA) is 51.8 Å². The third-order valence-electron chi connectivity index (χ3n) is 2.27. The van der Waals surface area contributed by atoms with Gasteiger partial charge in [0.25, 0.3) is 0 Å². The predicted molar refractivity (Wildman–Crippen MR) is 49.7 cm³/mol. The third kappa shape index (κ3) is 1.72. The predicted octanol–water partition coefficient (Wildman–Crippen LogP) is 1.82. The molecule has 2 N–H and O–H groups in total. The Labute approximate surface area is 73.0 Å². The molecule has 1 aromatic heterocycles. The second kappa shape index (κ2) is 3.52. The zero-order valence-corrected chi connectivity index (χ0v) is 7.78. The van der Waals surface area contributed by atoms with Gasteiger partial charge in [-0.3, -0.25) is 0 Å². The lowest BCUT2D eigenvalue weighted by Crippen LogP contribution is -2.07. The number of nitrogen functional groups attached to an aromatic ring is 1. The van der Waals surface area contributed by atoms with Gasteiger partial charge in [0.2, 0.25) is 0 Å². The normalized spacial score (nSPS) is 13.3. The van der Waals surface area contributed by atoms with Crippen molar-refractivity contribution in [3.8, 4) is 0 Å². The van der Waals surface area contributed by atoms with Crippen molar-refractivity contribution in [1.29, 1.82) is 0 Å². The number of hydrogen-bond donors (Lipinski definition) is 1. The minimum atomic E-state index is 0.445. The molecule has 0 aliphatic carbocycles. The van der Waals surface area contributed by atoms with Crippen LogP contribution >= 0.6 is 0 Å². The van der Waals surface area contributed by atoms with Crippen LogP contribution in [0.2, 0.25) is 0 Å². The molecule has 0 amide bonds. The molecule has 0 aliphatic rings. The number of hydrogen-bond acceptors (Lipinski definition) is 3. The summed E-state index contributed by atoms with van der Waals surface area (Å²) in [5.74, 6) is 1.58. The van der Waals surface area contributed by atoms with Crippen LogP contribution in [0.5, 0.6) is 0 Å². The average molecular weight is 165 g/mol. The summed E-state index contributed by atoms with van der Waals surface area (Å²) in [5, 5.41) is 7.52. The van der Waals surface area contributed by atoms with Crippen LogP contribution in [0.15, 0.2) is 12.3 Å². The summed E-state index contributed by atoms with van der Waals surface area (Å²) in [6.45, 7) is 6.49. The largest absolute Gasteiger partial charge is 0.382 e. The van der Waals surface area contributed by atoms with Crippen molar-refractivity contribution in [3.63, 3.8) is 0 Å². The molecule has 12 heavy (non-hydrogen) atoms. The number of aromatic nitrogens is 2. The molecule has 1 heterocycles. The molecule has 1 aromatic rings. The molecule has 1 atom stereocenters. The average Bonchev–Trinajstić information content (AvgIpc) is 2.04. The Balaban J connectivity index is 2.94. The molecule has 3 heteroatoms. The van der Waals surface area contributed by atoms with E-state index in [-0.39, 0.29) is 0 Å². The van der Waals surface area contributed by atoms with Crippen LogP contribution in [-0.4, -0.2) is 10.2 Å². The van der Waals surface area contributed by atoms with Crippen molar-refractivity contribution >= 4 is 5.82 Å². The van der Waals surface area contributed by atoms with E-state index in [0.717, 1.165) is 5.56 Å². The van der Waals surface area contributed by atoms with E-state index in [9.17, 15) is 0 Å². The lowest BCUT2D eigenvalue weighted by molar-refractivity contribution is 0.534. The fourth-order valence-electron chi connectivity index (χ4n) is 1.10. The van der Waals surface area contributed by atoms with Crippen LogP contribution in [0.25, 0.3) is 0 Å². The summed E-state index contributed by atoms with van der Waals surface area (Å²) in [5.41, 5.74) is 6.78. The van der Waals surface area contributed by atoms with E-state index in [4.69, 9.17) is 5.73 Å². The van der Waals surface area contributed by atoms with Crippen molar-refractivity contribution < 1.29 is 0 Å². The van der Waals surface area contributed by atoms with E-state index < -0.39 is 0 Å². The van der Waals surface area contributed by atoms with Crippen molar-refractivity contribution in [1.82, 2.24) is 10.2 Å². The molecule has 3 nitrogen and oxygen atoms in total. The Hall–Kier alpha value is -1.12. The number of anilines is 1. The van der Waals surface area contributed by atoms with Gasteiger partial charge in [-0.05, 0) is 17.9 Å². The molecule has 1 rings (SSSR count). The summed E-state index contributed by atoms with van der Waals surface area (Å²) in [6, 6.07) is 1.94. The lowest BCUT2D eigenvalue weighted by Gasteiger charge is -2.16. The zero-order valence-electron chi connectivity index (χ0n) is 7.78. The van der Waals surface area contributed by atoms with Gasteiger partial charge in [-0.1, -0.05) is 20.8 Å². The number of nitrogens with zero attached hydrogens (tertiary/aromatic N) is 2. The molecule has 0 bridgehead atoms. The Morgan fingerprint density at radius 3 is 2.50 bits per heavy atom. The van der Waals surface area contributed by atoms with Crippen molar-refractivity contribution in [2.75, 3.05) is 5.73 Å². The maximum atomic E-state index is 5.69. The molecule has 0 spiro atoms. The maximum Gasteiger partial charge on any atom is 0.149 e. The Kier molecular flexibility index (Phi) is 2.63. The standard InChI is InChI=1S/C9H15N3/c1-6(2)7(3)8-4-5-11-12-9(8)10/h4-7H,1-3H3,(H2,10,12). The Bertz CT molecular complexity index is 258. The fraction of sp³-hybridized carbons (Fsp3) is 0.556. The van der Waals surface area contributed by atoms with E-state index >= 15 is 0 Å². The van der Waals surface area contributed by atoms with Crippen LogP contribution in [0, 0.1) is 5.92 Å². The first-order chi connectivity index (χ1) is 5.63. The van der Waals surface area contributed by atoms with E-state index in [1.165, 1.54) is 0 Å². The van der Waals surface area contributed by atoms with E-state index in [1.54, 1.807) is 6.20 Å².